The van der Waals surface area contributed by atoms with Gasteiger partial charge in [0.15, 0.2) is 0 Å². The first-order chi connectivity index (χ1) is 9.17. The average molecular weight is 320 g/mol. The van der Waals surface area contributed by atoms with E-state index in [1.54, 1.807) is 25.1 Å². The highest BCUT2D eigenvalue weighted by molar-refractivity contribution is 9.10. The van der Waals surface area contributed by atoms with E-state index >= 15 is 0 Å². The van der Waals surface area contributed by atoms with Crippen LogP contribution in [0.25, 0.3) is 10.4 Å². The van der Waals surface area contributed by atoms with Crippen molar-refractivity contribution in [2.75, 3.05) is 0 Å². The summed E-state index contributed by atoms with van der Waals surface area (Å²) in [5.41, 5.74) is 9.06. The highest BCUT2D eigenvalue weighted by atomic mass is 79.9. The second kappa shape index (κ2) is 7.98. The average Bonchev–Trinajstić information content (AvgIpc) is 2.38. The van der Waals surface area contributed by atoms with E-state index in [1.165, 1.54) is 12.2 Å². The molecule has 0 fully saturated rings. The van der Waals surface area contributed by atoms with E-state index < -0.39 is 5.97 Å². The van der Waals surface area contributed by atoms with Gasteiger partial charge in [-0.25, -0.2) is 4.79 Å². The molecule has 0 aliphatic carbocycles. The van der Waals surface area contributed by atoms with Crippen LogP contribution in [0.2, 0.25) is 0 Å². The zero-order valence-corrected chi connectivity index (χ0v) is 11.7. The van der Waals surface area contributed by atoms with E-state index in [0.29, 0.717) is 10.2 Å². The third-order valence-electron chi connectivity index (χ3n) is 1.99. The van der Waals surface area contributed by atoms with Crippen LogP contribution in [0.15, 0.2) is 39.9 Å². The van der Waals surface area contributed by atoms with Gasteiger partial charge in [-0.05, 0) is 36.2 Å². The molecule has 0 spiro atoms. The molecule has 19 heavy (non-hydrogen) atoms. The van der Waals surface area contributed by atoms with E-state index in [-0.39, 0.29) is 6.54 Å². The van der Waals surface area contributed by atoms with Crippen LogP contribution in [0.4, 0.5) is 0 Å². The molecule has 0 atom stereocenters. The number of rotatable bonds is 4. The molecule has 0 bridgehead atoms. The summed E-state index contributed by atoms with van der Waals surface area (Å²) in [5.74, 6) is 5.15. The predicted molar refractivity (Wildman–Crippen MR) is 75.2 cm³/mol. The van der Waals surface area contributed by atoms with E-state index in [0.717, 1.165) is 5.56 Å². The number of carbonyl (C=O) groups excluding carboxylic acids is 1. The molecule has 0 heterocycles. The van der Waals surface area contributed by atoms with Gasteiger partial charge in [-0.15, -0.1) is 5.92 Å². The lowest BCUT2D eigenvalue weighted by molar-refractivity contribution is -0.128. The summed E-state index contributed by atoms with van der Waals surface area (Å²) in [4.78, 5) is 14.1. The molecule has 0 aliphatic rings. The van der Waals surface area contributed by atoms with Crippen LogP contribution in [0.3, 0.4) is 0 Å². The summed E-state index contributed by atoms with van der Waals surface area (Å²) >= 11 is 3.32. The number of allylic oxidation sites excluding steroid dienone is 1. The Labute approximate surface area is 119 Å². The highest BCUT2D eigenvalue weighted by Gasteiger charge is 2.04. The molecule has 0 saturated carbocycles. The minimum absolute atomic E-state index is 0.233. The van der Waals surface area contributed by atoms with Crippen molar-refractivity contribution < 1.29 is 9.53 Å². The Hall–Kier alpha value is -2.22. The number of nitrogens with zero attached hydrogens (tertiary/aromatic N) is 3. The Kier molecular flexibility index (Phi) is 6.23. The molecule has 96 valence electrons. The Morgan fingerprint density at radius 1 is 1.63 bits per heavy atom. The second-order valence-corrected chi connectivity index (χ2v) is 4.15. The fourth-order valence-corrected chi connectivity index (χ4v) is 1.65. The number of hydrogen-bond donors (Lipinski definition) is 0. The molecule has 0 amide bonds. The molecular formula is C13H10BrN3O2. The fourth-order valence-electron chi connectivity index (χ4n) is 1.17. The van der Waals surface area contributed by atoms with Crippen LogP contribution in [-0.4, -0.2) is 5.97 Å². The van der Waals surface area contributed by atoms with Gasteiger partial charge >= 0.3 is 5.97 Å². The van der Waals surface area contributed by atoms with Gasteiger partial charge in [-0.1, -0.05) is 33.0 Å². The number of benzene rings is 1. The lowest BCUT2D eigenvalue weighted by atomic mass is 10.2. The first-order valence-corrected chi connectivity index (χ1v) is 6.06. The van der Waals surface area contributed by atoms with Crippen molar-refractivity contribution in [3.63, 3.8) is 0 Å². The summed E-state index contributed by atoms with van der Waals surface area (Å²) in [6, 6.07) is 4.99. The van der Waals surface area contributed by atoms with Crippen LogP contribution in [0.5, 0.6) is 5.75 Å². The third kappa shape index (κ3) is 5.30. The standard InChI is InChI=1S/C13H10BrN3O2/c1-2-3-4-5-13(18)19-11-7-6-10(9-16-17-15)12(14)8-11/h4-8H,9H2,1H3. The molecule has 0 aliphatic heterocycles. The molecular weight excluding hydrogens is 310 g/mol. The van der Waals surface area contributed by atoms with Crippen molar-refractivity contribution in [2.24, 2.45) is 5.11 Å². The molecule has 0 saturated heterocycles. The molecule has 5 nitrogen and oxygen atoms in total. The van der Waals surface area contributed by atoms with Crippen LogP contribution in [0, 0.1) is 11.8 Å². The van der Waals surface area contributed by atoms with E-state index in [9.17, 15) is 4.79 Å². The molecule has 0 N–H and O–H groups in total. The summed E-state index contributed by atoms with van der Waals surface area (Å²) < 4.78 is 5.78. The quantitative estimate of drug-likeness (QED) is 0.161. The van der Waals surface area contributed by atoms with Crippen molar-refractivity contribution in [1.29, 1.82) is 0 Å². The fraction of sp³-hybridized carbons (Fsp3) is 0.154. The molecule has 1 aromatic rings. The van der Waals surface area contributed by atoms with Gasteiger partial charge in [-0.2, -0.15) is 0 Å². The molecule has 1 rings (SSSR count). The number of ether oxygens (including phenoxy) is 1. The van der Waals surface area contributed by atoms with Crippen LogP contribution in [0.1, 0.15) is 12.5 Å². The smallest absolute Gasteiger partial charge is 0.336 e. The second-order valence-electron chi connectivity index (χ2n) is 3.29. The Morgan fingerprint density at radius 2 is 2.42 bits per heavy atom. The van der Waals surface area contributed by atoms with Crippen LogP contribution in [-0.2, 0) is 11.3 Å². The van der Waals surface area contributed by atoms with E-state index in [4.69, 9.17) is 10.3 Å². The van der Waals surface area contributed by atoms with Gasteiger partial charge in [-0.3, -0.25) is 0 Å². The molecule has 0 radical (unpaired) electrons. The molecule has 0 aromatic heterocycles. The largest absolute Gasteiger partial charge is 0.423 e. The molecule has 1 aromatic carbocycles. The topological polar surface area (TPSA) is 75.1 Å². The summed E-state index contributed by atoms with van der Waals surface area (Å²) in [5, 5.41) is 3.46. The van der Waals surface area contributed by atoms with Gasteiger partial charge in [0.05, 0.1) is 6.54 Å². The van der Waals surface area contributed by atoms with Crippen molar-refractivity contribution in [2.45, 2.75) is 13.5 Å². The Bertz CT molecular complexity index is 608. The maximum Gasteiger partial charge on any atom is 0.336 e. The van der Waals surface area contributed by atoms with Gasteiger partial charge < -0.3 is 4.74 Å². The van der Waals surface area contributed by atoms with Crippen molar-refractivity contribution in [3.05, 3.63) is 50.8 Å². The summed E-state index contributed by atoms with van der Waals surface area (Å²) in [7, 11) is 0. The minimum atomic E-state index is -0.502. The maximum absolute atomic E-state index is 11.4. The Morgan fingerprint density at radius 3 is 3.05 bits per heavy atom. The van der Waals surface area contributed by atoms with Gasteiger partial charge in [0.1, 0.15) is 5.75 Å². The van der Waals surface area contributed by atoms with Crippen LogP contribution < -0.4 is 4.74 Å². The lowest BCUT2D eigenvalue weighted by Gasteiger charge is -2.04. The molecule has 6 heteroatoms. The van der Waals surface area contributed by atoms with Crippen molar-refractivity contribution in [1.82, 2.24) is 0 Å². The van der Waals surface area contributed by atoms with Crippen molar-refractivity contribution >= 4 is 21.9 Å². The summed E-state index contributed by atoms with van der Waals surface area (Å²) in [6.07, 6.45) is 2.67. The number of hydrogen-bond acceptors (Lipinski definition) is 3. The first kappa shape index (κ1) is 14.8. The zero-order valence-electron chi connectivity index (χ0n) is 10.1. The zero-order chi connectivity index (χ0) is 14.1. The van der Waals surface area contributed by atoms with Crippen LogP contribution >= 0.6 is 15.9 Å². The lowest BCUT2D eigenvalue weighted by Crippen LogP contribution is -2.03. The summed E-state index contributed by atoms with van der Waals surface area (Å²) in [6.45, 7) is 1.91. The first-order valence-electron chi connectivity index (χ1n) is 5.27. The third-order valence-corrected chi connectivity index (χ3v) is 2.73. The number of esters is 1. The number of halogens is 1. The highest BCUT2D eigenvalue weighted by Crippen LogP contribution is 2.24. The van der Waals surface area contributed by atoms with E-state index in [1.807, 2.05) is 0 Å². The van der Waals surface area contributed by atoms with Gasteiger partial charge in [0.2, 0.25) is 0 Å². The monoisotopic (exact) mass is 319 g/mol. The molecule has 0 unspecified atom stereocenters. The minimum Gasteiger partial charge on any atom is -0.423 e. The van der Waals surface area contributed by atoms with Gasteiger partial charge in [0.25, 0.3) is 0 Å². The maximum atomic E-state index is 11.4. The van der Waals surface area contributed by atoms with Gasteiger partial charge in [0, 0.05) is 15.5 Å². The number of azide groups is 1. The predicted octanol–water partition coefficient (Wildman–Crippen LogP) is 3.74. The SMILES string of the molecule is CC#CC=CC(=O)Oc1ccc(CN=[N+]=[N-])c(Br)c1. The Balaban J connectivity index is 2.74. The number of carbonyl (C=O) groups is 1. The van der Waals surface area contributed by atoms with E-state index in [2.05, 4.69) is 37.8 Å². The normalized spacial score (nSPS) is 9.37. The van der Waals surface area contributed by atoms with Crippen molar-refractivity contribution in [3.8, 4) is 17.6 Å².